The quantitative estimate of drug-likeness (QED) is 0.771. The first-order valence-electron chi connectivity index (χ1n) is 6.80. The Labute approximate surface area is 123 Å². The molecule has 0 radical (unpaired) electrons. The van der Waals surface area contributed by atoms with E-state index in [4.69, 9.17) is 0 Å². The molecule has 4 heteroatoms. The van der Waals surface area contributed by atoms with Crippen molar-refractivity contribution in [2.24, 2.45) is 0 Å². The molecule has 0 aliphatic rings. The normalized spacial score (nSPS) is 10.6. The van der Waals surface area contributed by atoms with Gasteiger partial charge in [-0.15, -0.1) is 0 Å². The molecule has 0 unspecified atom stereocenters. The topological polar surface area (TPSA) is 48.1 Å². The molecule has 1 amide bonds. The van der Waals surface area contributed by atoms with Gasteiger partial charge in [-0.1, -0.05) is 6.07 Å². The maximum Gasteiger partial charge on any atom is 0.256 e. The highest BCUT2D eigenvalue weighted by Gasteiger charge is 2.10. The Kier molecular flexibility index (Phi) is 3.36. The highest BCUT2D eigenvalue weighted by atomic mass is 16.1. The maximum absolute atomic E-state index is 12.4. The van der Waals surface area contributed by atoms with Crippen molar-refractivity contribution in [3.63, 3.8) is 0 Å². The molecule has 2 N–H and O–H groups in total. The summed E-state index contributed by atoms with van der Waals surface area (Å²) in [6, 6.07) is 15.4. The zero-order valence-electron chi connectivity index (χ0n) is 12.1. The van der Waals surface area contributed by atoms with E-state index in [2.05, 4.69) is 10.3 Å². The molecule has 21 heavy (non-hydrogen) atoms. The molecule has 0 saturated heterocycles. The van der Waals surface area contributed by atoms with Crippen LogP contribution in [0.15, 0.2) is 54.7 Å². The Bertz CT molecular complexity index is 772. The smallest absolute Gasteiger partial charge is 0.256 e. The first kappa shape index (κ1) is 13.2. The van der Waals surface area contributed by atoms with Gasteiger partial charge in [-0.25, -0.2) is 0 Å². The van der Waals surface area contributed by atoms with Crippen molar-refractivity contribution < 1.29 is 4.79 Å². The van der Waals surface area contributed by atoms with Gasteiger partial charge in [0, 0.05) is 48.1 Å². The number of carbonyl (C=O) groups excluding carboxylic acids is 1. The Morgan fingerprint density at radius 3 is 2.52 bits per heavy atom. The minimum Gasteiger partial charge on any atom is -0.378 e. The molecule has 1 heterocycles. The fourth-order valence-corrected chi connectivity index (χ4v) is 2.32. The Morgan fingerprint density at radius 2 is 1.81 bits per heavy atom. The minimum absolute atomic E-state index is 0.0993. The molecule has 0 aliphatic carbocycles. The van der Waals surface area contributed by atoms with Crippen molar-refractivity contribution in [1.82, 2.24) is 4.98 Å². The lowest BCUT2D eigenvalue weighted by Crippen LogP contribution is -2.12. The van der Waals surface area contributed by atoms with Crippen LogP contribution >= 0.6 is 0 Å². The Balaban J connectivity index is 1.84. The molecule has 3 rings (SSSR count). The molecule has 0 fully saturated rings. The van der Waals surface area contributed by atoms with E-state index in [-0.39, 0.29) is 5.91 Å². The molecule has 3 aromatic rings. The summed E-state index contributed by atoms with van der Waals surface area (Å²) in [5, 5.41) is 3.87. The van der Waals surface area contributed by atoms with Crippen molar-refractivity contribution in [1.29, 1.82) is 0 Å². The van der Waals surface area contributed by atoms with Crippen LogP contribution < -0.4 is 10.2 Å². The number of hydrogen-bond donors (Lipinski definition) is 2. The standard InChI is InChI=1S/C17H17N3O/c1-20(2)13-8-6-12(7-9-13)19-17(21)15-4-3-5-16-14(15)10-11-18-16/h3-11,18H,1-2H3,(H,19,21). The molecule has 106 valence electrons. The zero-order chi connectivity index (χ0) is 14.8. The lowest BCUT2D eigenvalue weighted by Gasteiger charge is -2.13. The van der Waals surface area contributed by atoms with Gasteiger partial charge in [0.2, 0.25) is 0 Å². The van der Waals surface area contributed by atoms with Crippen LogP contribution in [0.1, 0.15) is 10.4 Å². The number of hydrogen-bond acceptors (Lipinski definition) is 2. The summed E-state index contributed by atoms with van der Waals surface area (Å²) in [7, 11) is 3.97. The summed E-state index contributed by atoms with van der Waals surface area (Å²) < 4.78 is 0. The second-order valence-corrected chi connectivity index (χ2v) is 5.14. The van der Waals surface area contributed by atoms with Crippen molar-refractivity contribution in [2.45, 2.75) is 0 Å². The van der Waals surface area contributed by atoms with Crippen LogP contribution in [0.2, 0.25) is 0 Å². The molecular weight excluding hydrogens is 262 g/mol. The number of fused-ring (bicyclic) bond motifs is 1. The molecule has 2 aromatic carbocycles. The highest BCUT2D eigenvalue weighted by Crippen LogP contribution is 2.20. The molecule has 4 nitrogen and oxygen atoms in total. The largest absolute Gasteiger partial charge is 0.378 e. The number of H-pyrrole nitrogens is 1. The van der Waals surface area contributed by atoms with Crippen LogP contribution in [0.3, 0.4) is 0 Å². The van der Waals surface area contributed by atoms with Gasteiger partial charge >= 0.3 is 0 Å². The number of carbonyl (C=O) groups is 1. The zero-order valence-corrected chi connectivity index (χ0v) is 12.1. The van der Waals surface area contributed by atoms with E-state index in [9.17, 15) is 4.79 Å². The lowest BCUT2D eigenvalue weighted by molar-refractivity contribution is 0.102. The van der Waals surface area contributed by atoms with Gasteiger partial charge in [0.15, 0.2) is 0 Å². The molecule has 0 bridgehead atoms. The SMILES string of the molecule is CN(C)c1ccc(NC(=O)c2cccc3[nH]ccc23)cc1. The second kappa shape index (κ2) is 5.32. The molecule has 0 spiro atoms. The molecule has 0 saturated carbocycles. The summed E-state index contributed by atoms with van der Waals surface area (Å²) in [4.78, 5) is 17.5. The highest BCUT2D eigenvalue weighted by molar-refractivity contribution is 6.12. The molecular formula is C17H17N3O. The average Bonchev–Trinajstić information content (AvgIpc) is 2.96. The Hall–Kier alpha value is -2.75. The molecule has 0 aliphatic heterocycles. The summed E-state index contributed by atoms with van der Waals surface area (Å²) in [5.41, 5.74) is 3.52. The predicted molar refractivity (Wildman–Crippen MR) is 87.0 cm³/mol. The number of benzene rings is 2. The van der Waals surface area contributed by atoms with E-state index in [1.807, 2.05) is 73.7 Å². The van der Waals surface area contributed by atoms with Gasteiger partial charge in [0.05, 0.1) is 0 Å². The van der Waals surface area contributed by atoms with Gasteiger partial charge in [0.25, 0.3) is 5.91 Å². The van der Waals surface area contributed by atoms with Crippen LogP contribution in [-0.2, 0) is 0 Å². The van der Waals surface area contributed by atoms with Crippen LogP contribution in [-0.4, -0.2) is 25.0 Å². The van der Waals surface area contributed by atoms with Crippen molar-refractivity contribution in [3.05, 3.63) is 60.3 Å². The van der Waals surface area contributed by atoms with E-state index in [0.29, 0.717) is 5.56 Å². The van der Waals surface area contributed by atoms with Crippen molar-refractivity contribution in [3.8, 4) is 0 Å². The summed E-state index contributed by atoms with van der Waals surface area (Å²) in [6.07, 6.45) is 1.84. The number of amides is 1. The van der Waals surface area contributed by atoms with E-state index >= 15 is 0 Å². The van der Waals surface area contributed by atoms with Crippen molar-refractivity contribution >= 4 is 28.2 Å². The third kappa shape index (κ3) is 2.60. The van der Waals surface area contributed by atoms with E-state index < -0.39 is 0 Å². The van der Waals surface area contributed by atoms with Gasteiger partial charge in [-0.2, -0.15) is 0 Å². The molecule has 0 atom stereocenters. The predicted octanol–water partition coefficient (Wildman–Crippen LogP) is 3.49. The minimum atomic E-state index is -0.0993. The number of aromatic amines is 1. The number of aromatic nitrogens is 1. The van der Waals surface area contributed by atoms with Crippen LogP contribution in [0.4, 0.5) is 11.4 Å². The fourth-order valence-electron chi connectivity index (χ4n) is 2.32. The maximum atomic E-state index is 12.4. The lowest BCUT2D eigenvalue weighted by atomic mass is 10.1. The first-order valence-corrected chi connectivity index (χ1v) is 6.80. The number of nitrogens with zero attached hydrogens (tertiary/aromatic N) is 1. The van der Waals surface area contributed by atoms with Gasteiger partial charge in [0.1, 0.15) is 0 Å². The van der Waals surface area contributed by atoms with Gasteiger partial charge < -0.3 is 15.2 Å². The third-order valence-corrected chi connectivity index (χ3v) is 3.48. The van der Waals surface area contributed by atoms with E-state index in [1.165, 1.54) is 0 Å². The summed E-state index contributed by atoms with van der Waals surface area (Å²) in [6.45, 7) is 0. The first-order chi connectivity index (χ1) is 10.1. The summed E-state index contributed by atoms with van der Waals surface area (Å²) in [5.74, 6) is -0.0993. The van der Waals surface area contributed by atoms with E-state index in [1.54, 1.807) is 0 Å². The molecule has 1 aromatic heterocycles. The van der Waals surface area contributed by atoms with Crippen molar-refractivity contribution in [2.75, 3.05) is 24.3 Å². The van der Waals surface area contributed by atoms with Crippen LogP contribution in [0, 0.1) is 0 Å². The summed E-state index contributed by atoms with van der Waals surface area (Å²) >= 11 is 0. The number of rotatable bonds is 3. The monoisotopic (exact) mass is 279 g/mol. The van der Waals surface area contributed by atoms with E-state index in [0.717, 1.165) is 22.3 Å². The van der Waals surface area contributed by atoms with Crippen LogP contribution in [0.5, 0.6) is 0 Å². The van der Waals surface area contributed by atoms with Crippen LogP contribution in [0.25, 0.3) is 10.9 Å². The van der Waals surface area contributed by atoms with Gasteiger partial charge in [-0.05, 0) is 42.5 Å². The number of anilines is 2. The number of nitrogens with one attached hydrogen (secondary N) is 2. The Morgan fingerprint density at radius 1 is 1.05 bits per heavy atom. The van der Waals surface area contributed by atoms with Gasteiger partial charge in [-0.3, -0.25) is 4.79 Å². The average molecular weight is 279 g/mol. The second-order valence-electron chi connectivity index (χ2n) is 5.14. The third-order valence-electron chi connectivity index (χ3n) is 3.48. The fraction of sp³-hybridized carbons (Fsp3) is 0.118.